The Hall–Kier alpha value is -1.07. The zero-order valence-corrected chi connectivity index (χ0v) is 5.89. The molecule has 64 valence electrons. The van der Waals surface area contributed by atoms with Crippen molar-refractivity contribution in [1.29, 1.82) is 5.41 Å². The first-order valence-corrected chi connectivity index (χ1v) is 2.77. The standard InChI is InChI=1S/C5H8F3N3/c1-11(3-2-9)10-4-5(6,7)8/h2,4,9H,3H2,1H3/b9-2?,10-4+. The van der Waals surface area contributed by atoms with Crippen molar-refractivity contribution in [2.75, 3.05) is 13.6 Å². The van der Waals surface area contributed by atoms with E-state index >= 15 is 0 Å². The molecule has 0 atom stereocenters. The smallest absolute Gasteiger partial charge is 0.311 e. The van der Waals surface area contributed by atoms with Gasteiger partial charge in [0.15, 0.2) is 0 Å². The fourth-order valence-corrected chi connectivity index (χ4v) is 0.343. The van der Waals surface area contributed by atoms with Crippen LogP contribution in [0.4, 0.5) is 13.2 Å². The van der Waals surface area contributed by atoms with Crippen molar-refractivity contribution in [2.24, 2.45) is 5.10 Å². The lowest BCUT2D eigenvalue weighted by molar-refractivity contribution is -0.0546. The molecule has 0 rings (SSSR count). The molecule has 0 aliphatic heterocycles. The van der Waals surface area contributed by atoms with Gasteiger partial charge in [-0.1, -0.05) is 0 Å². The highest BCUT2D eigenvalue weighted by Crippen LogP contribution is 2.10. The summed E-state index contributed by atoms with van der Waals surface area (Å²) >= 11 is 0. The largest absolute Gasteiger partial charge is 0.428 e. The Morgan fingerprint density at radius 3 is 2.45 bits per heavy atom. The molecular formula is C5H8F3N3. The van der Waals surface area contributed by atoms with Gasteiger partial charge in [-0.05, 0) is 0 Å². The highest BCUT2D eigenvalue weighted by Gasteiger charge is 2.23. The molecule has 3 nitrogen and oxygen atoms in total. The summed E-state index contributed by atoms with van der Waals surface area (Å²) < 4.78 is 34.3. The van der Waals surface area contributed by atoms with Crippen LogP contribution in [-0.2, 0) is 0 Å². The molecule has 1 N–H and O–H groups in total. The van der Waals surface area contributed by atoms with E-state index in [0.29, 0.717) is 0 Å². The zero-order valence-electron chi connectivity index (χ0n) is 5.89. The van der Waals surface area contributed by atoms with Gasteiger partial charge in [0.05, 0.1) is 6.54 Å². The molecule has 6 heteroatoms. The monoisotopic (exact) mass is 167 g/mol. The molecule has 0 heterocycles. The molecule has 0 fully saturated rings. The first kappa shape index (κ1) is 9.93. The number of nitrogens with one attached hydrogen (secondary N) is 1. The molecule has 0 bridgehead atoms. The molecule has 0 unspecified atom stereocenters. The van der Waals surface area contributed by atoms with Crippen LogP contribution in [0.5, 0.6) is 0 Å². The van der Waals surface area contributed by atoms with E-state index in [0.717, 1.165) is 11.2 Å². The van der Waals surface area contributed by atoms with Gasteiger partial charge in [-0.3, -0.25) is 5.01 Å². The maximum Gasteiger partial charge on any atom is 0.428 e. The Kier molecular flexibility index (Phi) is 3.56. The van der Waals surface area contributed by atoms with E-state index in [9.17, 15) is 13.2 Å². The lowest BCUT2D eigenvalue weighted by Crippen LogP contribution is -2.17. The Labute approximate surface area is 62.0 Å². The summed E-state index contributed by atoms with van der Waals surface area (Å²) in [5.41, 5.74) is 0. The number of hydrazone groups is 1. The fraction of sp³-hybridized carbons (Fsp3) is 0.600. The molecule has 0 saturated heterocycles. The molecule has 0 aromatic carbocycles. The first-order chi connectivity index (χ1) is 4.95. The van der Waals surface area contributed by atoms with Crippen molar-refractivity contribution in [3.63, 3.8) is 0 Å². The lowest BCUT2D eigenvalue weighted by Gasteiger charge is -2.08. The van der Waals surface area contributed by atoms with E-state index in [-0.39, 0.29) is 12.8 Å². The molecule has 11 heavy (non-hydrogen) atoms. The van der Waals surface area contributed by atoms with Gasteiger partial charge in [-0.2, -0.15) is 18.3 Å². The minimum absolute atomic E-state index is 0.0760. The first-order valence-electron chi connectivity index (χ1n) is 2.77. The van der Waals surface area contributed by atoms with Crippen molar-refractivity contribution in [3.05, 3.63) is 0 Å². The number of halogens is 3. The number of alkyl halides is 3. The molecular weight excluding hydrogens is 159 g/mol. The van der Waals surface area contributed by atoms with Crippen molar-refractivity contribution in [1.82, 2.24) is 5.01 Å². The predicted octanol–water partition coefficient (Wildman–Crippen LogP) is 1.12. The van der Waals surface area contributed by atoms with Crippen LogP contribution in [-0.4, -0.2) is 37.2 Å². The van der Waals surface area contributed by atoms with E-state index in [1.54, 1.807) is 0 Å². The highest BCUT2D eigenvalue weighted by molar-refractivity contribution is 5.64. The van der Waals surface area contributed by atoms with Crippen molar-refractivity contribution < 1.29 is 13.2 Å². The Morgan fingerprint density at radius 2 is 2.09 bits per heavy atom. The Morgan fingerprint density at radius 1 is 1.55 bits per heavy atom. The molecule has 0 saturated carbocycles. The average molecular weight is 167 g/mol. The van der Waals surface area contributed by atoms with Crippen LogP contribution in [0.2, 0.25) is 0 Å². The zero-order chi connectivity index (χ0) is 8.91. The van der Waals surface area contributed by atoms with Crippen LogP contribution >= 0.6 is 0 Å². The lowest BCUT2D eigenvalue weighted by atomic mass is 10.7. The van der Waals surface area contributed by atoms with Crippen LogP contribution in [0.3, 0.4) is 0 Å². The van der Waals surface area contributed by atoms with Gasteiger partial charge in [0.2, 0.25) is 0 Å². The summed E-state index contributed by atoms with van der Waals surface area (Å²) in [6.07, 6.45) is -3.53. The van der Waals surface area contributed by atoms with Crippen molar-refractivity contribution >= 4 is 12.4 Å². The van der Waals surface area contributed by atoms with E-state index in [2.05, 4.69) is 5.10 Å². The predicted molar refractivity (Wildman–Crippen MR) is 36.0 cm³/mol. The summed E-state index contributed by atoms with van der Waals surface area (Å²) in [4.78, 5) is 0. The third-order valence-electron chi connectivity index (χ3n) is 0.757. The van der Waals surface area contributed by atoms with Crippen LogP contribution in [0.15, 0.2) is 5.10 Å². The second kappa shape index (κ2) is 3.95. The van der Waals surface area contributed by atoms with E-state index in [1.807, 2.05) is 0 Å². The number of hydrogen-bond acceptors (Lipinski definition) is 3. The van der Waals surface area contributed by atoms with Gasteiger partial charge in [0.25, 0.3) is 0 Å². The summed E-state index contributed by atoms with van der Waals surface area (Å²) in [5, 5.41) is 10.6. The van der Waals surface area contributed by atoms with E-state index in [1.165, 1.54) is 7.05 Å². The summed E-state index contributed by atoms with van der Waals surface area (Å²) in [6.45, 7) is 0.0760. The van der Waals surface area contributed by atoms with Crippen LogP contribution < -0.4 is 0 Å². The number of rotatable bonds is 3. The normalized spacial score (nSPS) is 12.0. The van der Waals surface area contributed by atoms with Crippen LogP contribution in [0, 0.1) is 5.41 Å². The van der Waals surface area contributed by atoms with E-state index < -0.39 is 6.18 Å². The molecule has 0 amide bonds. The molecule has 0 aromatic heterocycles. The SMILES string of the molecule is CN(CC=N)/N=C/C(F)(F)F. The average Bonchev–Trinajstić information content (AvgIpc) is 1.83. The van der Waals surface area contributed by atoms with Crippen molar-refractivity contribution in [2.45, 2.75) is 6.18 Å². The van der Waals surface area contributed by atoms with Gasteiger partial charge in [0, 0.05) is 13.3 Å². The second-order valence-electron chi connectivity index (χ2n) is 1.83. The molecule has 0 aliphatic rings. The molecule has 0 spiro atoms. The Balaban J connectivity index is 3.82. The summed E-state index contributed by atoms with van der Waals surface area (Å²) in [5.74, 6) is 0. The minimum atomic E-state index is -4.38. The number of nitrogens with zero attached hydrogens (tertiary/aromatic N) is 2. The number of hydrogen-bond donors (Lipinski definition) is 1. The van der Waals surface area contributed by atoms with Gasteiger partial charge in [-0.25, -0.2) is 0 Å². The van der Waals surface area contributed by atoms with Gasteiger partial charge in [0.1, 0.15) is 6.21 Å². The van der Waals surface area contributed by atoms with Crippen LogP contribution in [0.1, 0.15) is 0 Å². The summed E-state index contributed by atoms with van der Waals surface area (Å²) in [6, 6.07) is 0. The van der Waals surface area contributed by atoms with E-state index in [4.69, 9.17) is 5.41 Å². The molecule has 0 radical (unpaired) electrons. The third-order valence-corrected chi connectivity index (χ3v) is 0.757. The minimum Gasteiger partial charge on any atom is -0.311 e. The molecule has 0 aliphatic carbocycles. The van der Waals surface area contributed by atoms with Gasteiger partial charge >= 0.3 is 6.18 Å². The second-order valence-corrected chi connectivity index (χ2v) is 1.83. The third kappa shape index (κ3) is 6.82. The van der Waals surface area contributed by atoms with Crippen LogP contribution in [0.25, 0.3) is 0 Å². The van der Waals surface area contributed by atoms with Gasteiger partial charge in [-0.15, -0.1) is 0 Å². The Bertz CT molecular complexity index is 152. The topological polar surface area (TPSA) is 39.5 Å². The molecule has 0 aromatic rings. The quantitative estimate of drug-likeness (QED) is 0.496. The highest BCUT2D eigenvalue weighted by atomic mass is 19.4. The van der Waals surface area contributed by atoms with Crippen molar-refractivity contribution in [3.8, 4) is 0 Å². The van der Waals surface area contributed by atoms with Gasteiger partial charge < -0.3 is 5.41 Å². The maximum atomic E-state index is 11.4. The maximum absolute atomic E-state index is 11.4. The fourth-order valence-electron chi connectivity index (χ4n) is 0.343. The summed E-state index contributed by atoms with van der Waals surface area (Å²) in [7, 11) is 1.35.